The molecule has 1 heterocycles. The van der Waals surface area contributed by atoms with Crippen LogP contribution in [0, 0.1) is 5.82 Å². The number of methoxy groups -OCH3 is 1. The Bertz CT molecular complexity index is 1090. The van der Waals surface area contributed by atoms with Crippen LogP contribution >= 0.6 is 0 Å². The van der Waals surface area contributed by atoms with Crippen LogP contribution in [-0.4, -0.2) is 18.2 Å². The molecule has 4 rings (SSSR count). The summed E-state index contributed by atoms with van der Waals surface area (Å²) in [6.07, 6.45) is 3.11. The van der Waals surface area contributed by atoms with Gasteiger partial charge in [-0.05, 0) is 53.9 Å². The van der Waals surface area contributed by atoms with E-state index in [-0.39, 0.29) is 5.82 Å². The molecule has 1 N–H and O–H groups in total. The van der Waals surface area contributed by atoms with Crippen molar-refractivity contribution in [3.8, 4) is 5.75 Å². The lowest BCUT2D eigenvalue weighted by atomic mass is 10.1. The Morgan fingerprint density at radius 1 is 0.897 bits per heavy atom. The van der Waals surface area contributed by atoms with Crippen molar-refractivity contribution in [2.75, 3.05) is 13.7 Å². The van der Waals surface area contributed by atoms with Crippen LogP contribution in [0.3, 0.4) is 0 Å². The Hall–Kier alpha value is -3.11. The Kier molecular flexibility index (Phi) is 5.92. The SMILES string of the molecule is COc1ccccc1CCNCc1cn(Cc2ccc(F)cc2)c2ccccc12. The fourth-order valence-electron chi connectivity index (χ4n) is 3.74. The summed E-state index contributed by atoms with van der Waals surface area (Å²) in [6, 6.07) is 23.3. The van der Waals surface area contributed by atoms with E-state index in [1.165, 1.54) is 34.2 Å². The summed E-state index contributed by atoms with van der Waals surface area (Å²) >= 11 is 0. The maximum absolute atomic E-state index is 13.2. The largest absolute Gasteiger partial charge is 0.496 e. The first kappa shape index (κ1) is 19.2. The molecule has 0 unspecified atom stereocenters. The fourth-order valence-corrected chi connectivity index (χ4v) is 3.74. The summed E-state index contributed by atoms with van der Waals surface area (Å²) in [5.41, 5.74) is 4.75. The summed E-state index contributed by atoms with van der Waals surface area (Å²) in [5.74, 6) is 0.733. The number of para-hydroxylation sites is 2. The van der Waals surface area contributed by atoms with Crippen LogP contribution in [0.1, 0.15) is 16.7 Å². The zero-order valence-electron chi connectivity index (χ0n) is 16.6. The molecule has 29 heavy (non-hydrogen) atoms. The second-order valence-corrected chi connectivity index (χ2v) is 7.16. The third-order valence-corrected chi connectivity index (χ3v) is 5.22. The van der Waals surface area contributed by atoms with E-state index in [0.29, 0.717) is 0 Å². The number of halogens is 1. The minimum absolute atomic E-state index is 0.203. The maximum atomic E-state index is 13.2. The van der Waals surface area contributed by atoms with E-state index < -0.39 is 0 Å². The van der Waals surface area contributed by atoms with Gasteiger partial charge >= 0.3 is 0 Å². The van der Waals surface area contributed by atoms with Gasteiger partial charge < -0.3 is 14.6 Å². The number of aromatic nitrogens is 1. The molecule has 0 aliphatic rings. The Balaban J connectivity index is 1.45. The first-order valence-electron chi connectivity index (χ1n) is 9.88. The van der Waals surface area contributed by atoms with Crippen molar-refractivity contribution in [3.05, 3.63) is 102 Å². The molecule has 3 aromatic carbocycles. The summed E-state index contributed by atoms with van der Waals surface area (Å²) in [6.45, 7) is 2.39. The zero-order valence-corrected chi connectivity index (χ0v) is 16.6. The van der Waals surface area contributed by atoms with Gasteiger partial charge in [-0.2, -0.15) is 0 Å². The van der Waals surface area contributed by atoms with Crippen LogP contribution in [-0.2, 0) is 19.5 Å². The number of rotatable bonds is 8. The lowest BCUT2D eigenvalue weighted by molar-refractivity contribution is 0.409. The van der Waals surface area contributed by atoms with Gasteiger partial charge in [0.25, 0.3) is 0 Å². The van der Waals surface area contributed by atoms with E-state index in [0.717, 1.165) is 37.4 Å². The van der Waals surface area contributed by atoms with E-state index in [9.17, 15) is 4.39 Å². The van der Waals surface area contributed by atoms with Gasteiger partial charge in [0.05, 0.1) is 7.11 Å². The topological polar surface area (TPSA) is 26.2 Å². The van der Waals surface area contributed by atoms with Gasteiger partial charge in [0.2, 0.25) is 0 Å². The smallest absolute Gasteiger partial charge is 0.123 e. The number of nitrogens with zero attached hydrogens (tertiary/aromatic N) is 1. The number of hydrogen-bond donors (Lipinski definition) is 1. The second kappa shape index (κ2) is 8.93. The first-order chi connectivity index (χ1) is 14.2. The van der Waals surface area contributed by atoms with Crippen LogP contribution in [0.15, 0.2) is 79.0 Å². The normalized spacial score (nSPS) is 11.1. The van der Waals surface area contributed by atoms with Crippen LogP contribution < -0.4 is 10.1 Å². The van der Waals surface area contributed by atoms with Gasteiger partial charge in [-0.1, -0.05) is 48.5 Å². The number of fused-ring (bicyclic) bond motifs is 1. The third-order valence-electron chi connectivity index (χ3n) is 5.22. The third kappa shape index (κ3) is 4.49. The van der Waals surface area contributed by atoms with Crippen molar-refractivity contribution in [3.63, 3.8) is 0 Å². The van der Waals surface area contributed by atoms with Gasteiger partial charge in [0.15, 0.2) is 0 Å². The first-order valence-corrected chi connectivity index (χ1v) is 9.88. The van der Waals surface area contributed by atoms with E-state index in [1.54, 1.807) is 7.11 Å². The minimum Gasteiger partial charge on any atom is -0.496 e. The standard InChI is InChI=1S/C25H25FN2O/c1-29-25-9-5-2-6-20(25)14-15-27-16-21-18-28(24-8-4-3-7-23(21)24)17-19-10-12-22(26)13-11-19/h2-13,18,27H,14-17H2,1H3. The van der Waals surface area contributed by atoms with Gasteiger partial charge in [-0.3, -0.25) is 0 Å². The summed E-state index contributed by atoms with van der Waals surface area (Å²) in [7, 11) is 1.71. The molecule has 0 saturated heterocycles. The molecule has 0 amide bonds. The Morgan fingerprint density at radius 3 is 2.48 bits per heavy atom. The molecule has 0 bridgehead atoms. The molecule has 0 aliphatic carbocycles. The Morgan fingerprint density at radius 2 is 1.66 bits per heavy atom. The van der Waals surface area contributed by atoms with Gasteiger partial charge in [0.1, 0.15) is 11.6 Å². The van der Waals surface area contributed by atoms with Crippen molar-refractivity contribution in [2.45, 2.75) is 19.5 Å². The molecular weight excluding hydrogens is 363 g/mol. The molecule has 4 heteroatoms. The van der Waals surface area contributed by atoms with Crippen LogP contribution in [0.2, 0.25) is 0 Å². The van der Waals surface area contributed by atoms with E-state index in [4.69, 9.17) is 4.74 Å². The second-order valence-electron chi connectivity index (χ2n) is 7.16. The van der Waals surface area contributed by atoms with Crippen LogP contribution in [0.4, 0.5) is 4.39 Å². The molecule has 0 aliphatic heterocycles. The molecule has 0 radical (unpaired) electrons. The number of hydrogen-bond acceptors (Lipinski definition) is 2. The van der Waals surface area contributed by atoms with E-state index in [1.807, 2.05) is 30.3 Å². The average molecular weight is 388 g/mol. The lowest BCUT2D eigenvalue weighted by Crippen LogP contribution is -2.16. The predicted molar refractivity (Wildman–Crippen MR) is 116 cm³/mol. The summed E-state index contributed by atoms with van der Waals surface area (Å²) in [5, 5.41) is 4.81. The van der Waals surface area contributed by atoms with Crippen molar-refractivity contribution >= 4 is 10.9 Å². The quantitative estimate of drug-likeness (QED) is 0.422. The van der Waals surface area contributed by atoms with Crippen LogP contribution in [0.25, 0.3) is 10.9 Å². The van der Waals surface area contributed by atoms with Crippen LogP contribution in [0.5, 0.6) is 5.75 Å². The van der Waals surface area contributed by atoms with E-state index >= 15 is 0 Å². The van der Waals surface area contributed by atoms with Gasteiger partial charge in [-0.25, -0.2) is 4.39 Å². The molecule has 0 saturated carbocycles. The highest BCUT2D eigenvalue weighted by Crippen LogP contribution is 2.23. The van der Waals surface area contributed by atoms with Gasteiger partial charge in [0, 0.05) is 30.2 Å². The lowest BCUT2D eigenvalue weighted by Gasteiger charge is -2.08. The number of benzene rings is 3. The van der Waals surface area contributed by atoms with E-state index in [2.05, 4.69) is 46.4 Å². The van der Waals surface area contributed by atoms with Gasteiger partial charge in [-0.15, -0.1) is 0 Å². The van der Waals surface area contributed by atoms with Crippen molar-refractivity contribution < 1.29 is 9.13 Å². The van der Waals surface area contributed by atoms with Crippen molar-refractivity contribution in [1.82, 2.24) is 9.88 Å². The number of ether oxygens (including phenoxy) is 1. The van der Waals surface area contributed by atoms with Crippen molar-refractivity contribution in [1.29, 1.82) is 0 Å². The zero-order chi connectivity index (χ0) is 20.1. The highest BCUT2D eigenvalue weighted by atomic mass is 19.1. The summed E-state index contributed by atoms with van der Waals surface area (Å²) in [4.78, 5) is 0. The van der Waals surface area contributed by atoms with Crippen molar-refractivity contribution in [2.24, 2.45) is 0 Å². The molecule has 0 atom stereocenters. The molecule has 0 spiro atoms. The molecule has 1 aromatic heterocycles. The summed E-state index contributed by atoms with van der Waals surface area (Å²) < 4.78 is 20.9. The average Bonchev–Trinajstić information content (AvgIpc) is 3.10. The predicted octanol–water partition coefficient (Wildman–Crippen LogP) is 5.17. The fraction of sp³-hybridized carbons (Fsp3) is 0.200. The molecule has 0 fully saturated rings. The monoisotopic (exact) mass is 388 g/mol. The highest BCUT2D eigenvalue weighted by Gasteiger charge is 2.09. The Labute approximate surface area is 170 Å². The molecule has 4 aromatic rings. The minimum atomic E-state index is -0.203. The maximum Gasteiger partial charge on any atom is 0.123 e. The molecular formula is C25H25FN2O. The molecule has 3 nitrogen and oxygen atoms in total. The highest BCUT2D eigenvalue weighted by molar-refractivity contribution is 5.84. The number of nitrogens with one attached hydrogen (secondary N) is 1. The molecule has 148 valence electrons.